The van der Waals surface area contributed by atoms with Crippen molar-refractivity contribution in [3.8, 4) is 5.75 Å². The lowest BCUT2D eigenvalue weighted by molar-refractivity contribution is -0.385. The second-order valence-electron chi connectivity index (χ2n) is 5.89. The number of nitrogens with one attached hydrogen (secondary N) is 1. The summed E-state index contributed by atoms with van der Waals surface area (Å²) in [4.78, 5) is 26.6. The highest BCUT2D eigenvalue weighted by molar-refractivity contribution is 6.31. The fraction of sp³-hybridized carbons (Fsp3) is 0. The molecule has 0 aromatic heterocycles. The number of aromatic hydroxyl groups is 1. The quantitative estimate of drug-likeness (QED) is 0.312. The van der Waals surface area contributed by atoms with Gasteiger partial charge in [-0.25, -0.2) is 0 Å². The lowest BCUT2D eigenvalue weighted by Gasteiger charge is -2.06. The number of nitrogens with zero attached hydrogens (tertiary/aromatic N) is 2. The molecular weight excluding hydrogens is 417 g/mol. The zero-order chi connectivity index (χ0) is 21.0. The molecule has 0 saturated carbocycles. The third-order valence-corrected chi connectivity index (χ3v) is 4.30. The van der Waals surface area contributed by atoms with Crippen LogP contribution in [0.4, 0.5) is 17.1 Å². The Morgan fingerprint density at radius 2 is 1.79 bits per heavy atom. The minimum atomic E-state index is -0.726. The summed E-state index contributed by atoms with van der Waals surface area (Å²) in [7, 11) is 0. The fourth-order valence-corrected chi connectivity index (χ4v) is 2.86. The predicted octanol–water partition coefficient (Wildman–Crippen LogP) is 5.61. The standard InChI is InChI=1S/C20H13Cl2N3O4/c21-14-3-1-2-12(8-14)20(27)24-17-6-4-16(5-7-17)23-11-13-9-15(22)10-18(19(13)26)25(28)29/h1-11,26H,(H,24,27). The SMILES string of the molecule is O=C(Nc1ccc(N=Cc2cc(Cl)cc([N+](=O)[O-])c2O)cc1)c1cccc(Cl)c1. The molecule has 0 bridgehead atoms. The summed E-state index contributed by atoms with van der Waals surface area (Å²) >= 11 is 11.7. The van der Waals surface area contributed by atoms with Crippen LogP contribution in [0.1, 0.15) is 15.9 Å². The van der Waals surface area contributed by atoms with Gasteiger partial charge in [0.15, 0.2) is 0 Å². The molecule has 29 heavy (non-hydrogen) atoms. The summed E-state index contributed by atoms with van der Waals surface area (Å²) in [6.07, 6.45) is 1.27. The Morgan fingerprint density at radius 3 is 2.45 bits per heavy atom. The third kappa shape index (κ3) is 5.10. The van der Waals surface area contributed by atoms with E-state index in [1.165, 1.54) is 12.3 Å². The van der Waals surface area contributed by atoms with Gasteiger partial charge in [-0.1, -0.05) is 29.3 Å². The maximum Gasteiger partial charge on any atom is 0.312 e. The van der Waals surface area contributed by atoms with Crippen LogP contribution in [0.5, 0.6) is 5.75 Å². The molecule has 3 aromatic carbocycles. The number of amides is 1. The molecular formula is C20H13Cl2N3O4. The van der Waals surface area contributed by atoms with Gasteiger partial charge in [-0.3, -0.25) is 19.9 Å². The summed E-state index contributed by atoms with van der Waals surface area (Å²) in [5.41, 5.74) is 1.10. The summed E-state index contributed by atoms with van der Waals surface area (Å²) in [6, 6.07) is 15.6. The van der Waals surface area contributed by atoms with Crippen molar-refractivity contribution in [2.24, 2.45) is 4.99 Å². The molecule has 0 spiro atoms. The van der Waals surface area contributed by atoms with Crippen molar-refractivity contribution in [2.45, 2.75) is 0 Å². The Kier molecular flexibility index (Phi) is 6.11. The molecule has 0 heterocycles. The van der Waals surface area contributed by atoms with Crippen LogP contribution in [0.15, 0.2) is 65.7 Å². The van der Waals surface area contributed by atoms with Gasteiger partial charge in [0.25, 0.3) is 5.91 Å². The van der Waals surface area contributed by atoms with Crippen molar-refractivity contribution >= 4 is 52.4 Å². The zero-order valence-corrected chi connectivity index (χ0v) is 16.2. The Bertz CT molecular complexity index is 1120. The minimum absolute atomic E-state index is 0.107. The van der Waals surface area contributed by atoms with Crippen molar-refractivity contribution in [1.82, 2.24) is 0 Å². The van der Waals surface area contributed by atoms with Gasteiger partial charge in [-0.15, -0.1) is 0 Å². The number of carbonyl (C=O) groups excluding carboxylic acids is 1. The first-order valence-corrected chi connectivity index (χ1v) is 8.97. The van der Waals surface area contributed by atoms with E-state index in [2.05, 4.69) is 10.3 Å². The largest absolute Gasteiger partial charge is 0.502 e. The molecule has 0 atom stereocenters. The molecule has 7 nitrogen and oxygen atoms in total. The molecule has 0 saturated heterocycles. The predicted molar refractivity (Wildman–Crippen MR) is 113 cm³/mol. The highest BCUT2D eigenvalue weighted by atomic mass is 35.5. The number of phenols is 1. The maximum atomic E-state index is 12.2. The highest BCUT2D eigenvalue weighted by Crippen LogP contribution is 2.32. The molecule has 3 rings (SSSR count). The Hall–Kier alpha value is -3.42. The van der Waals surface area contributed by atoms with E-state index in [1.54, 1.807) is 48.5 Å². The van der Waals surface area contributed by atoms with Crippen molar-refractivity contribution < 1.29 is 14.8 Å². The Balaban J connectivity index is 1.74. The van der Waals surface area contributed by atoms with E-state index in [1.807, 2.05) is 0 Å². The van der Waals surface area contributed by atoms with Gasteiger partial charge in [0.05, 0.1) is 10.6 Å². The van der Waals surface area contributed by atoms with Crippen LogP contribution in [0.25, 0.3) is 0 Å². The number of anilines is 1. The Morgan fingerprint density at radius 1 is 1.07 bits per heavy atom. The number of phenolic OH excluding ortho intramolecular Hbond substituents is 1. The van der Waals surface area contributed by atoms with Crippen LogP contribution < -0.4 is 5.32 Å². The number of carbonyl (C=O) groups is 1. The van der Waals surface area contributed by atoms with Gasteiger partial charge in [-0.05, 0) is 48.5 Å². The number of hydrogen-bond donors (Lipinski definition) is 2. The molecule has 1 amide bonds. The van der Waals surface area contributed by atoms with Crippen LogP contribution in [0.3, 0.4) is 0 Å². The summed E-state index contributed by atoms with van der Waals surface area (Å²) in [5.74, 6) is -0.825. The van der Waals surface area contributed by atoms with Gasteiger partial charge in [-0.2, -0.15) is 0 Å². The van der Waals surface area contributed by atoms with Crippen molar-refractivity contribution in [1.29, 1.82) is 0 Å². The Labute approximate surface area is 175 Å². The zero-order valence-electron chi connectivity index (χ0n) is 14.7. The number of nitro groups is 1. The first-order valence-electron chi connectivity index (χ1n) is 8.21. The van der Waals surface area contributed by atoms with E-state index >= 15 is 0 Å². The number of halogens is 2. The second-order valence-corrected chi connectivity index (χ2v) is 6.76. The van der Waals surface area contributed by atoms with Crippen LogP contribution >= 0.6 is 23.2 Å². The van der Waals surface area contributed by atoms with E-state index in [4.69, 9.17) is 23.2 Å². The van der Waals surface area contributed by atoms with Gasteiger partial charge in [0.1, 0.15) is 0 Å². The van der Waals surface area contributed by atoms with Gasteiger partial charge in [0.2, 0.25) is 5.75 Å². The second kappa shape index (κ2) is 8.72. The molecule has 2 N–H and O–H groups in total. The van der Waals surface area contributed by atoms with Crippen molar-refractivity contribution in [3.05, 3.63) is 92.0 Å². The molecule has 0 unspecified atom stereocenters. The van der Waals surface area contributed by atoms with Gasteiger partial charge in [0, 0.05) is 39.1 Å². The number of benzene rings is 3. The van der Waals surface area contributed by atoms with Crippen LogP contribution in [0, 0.1) is 10.1 Å². The van der Waals surface area contributed by atoms with Crippen molar-refractivity contribution in [3.63, 3.8) is 0 Å². The van der Waals surface area contributed by atoms with Gasteiger partial charge >= 0.3 is 5.69 Å². The van der Waals surface area contributed by atoms with Crippen molar-refractivity contribution in [2.75, 3.05) is 5.32 Å². The molecule has 0 aliphatic rings. The summed E-state index contributed by atoms with van der Waals surface area (Å²) in [6.45, 7) is 0. The molecule has 3 aromatic rings. The topological polar surface area (TPSA) is 105 Å². The summed E-state index contributed by atoms with van der Waals surface area (Å²) < 4.78 is 0. The normalized spacial score (nSPS) is 10.8. The van der Waals surface area contributed by atoms with E-state index in [9.17, 15) is 20.0 Å². The smallest absolute Gasteiger partial charge is 0.312 e. The highest BCUT2D eigenvalue weighted by Gasteiger charge is 2.17. The van der Waals surface area contributed by atoms with Crippen LogP contribution in [-0.2, 0) is 0 Å². The molecule has 0 fully saturated rings. The number of rotatable bonds is 5. The lowest BCUT2D eigenvalue weighted by atomic mass is 10.2. The van der Waals surface area contributed by atoms with Crippen LogP contribution in [-0.4, -0.2) is 22.2 Å². The summed E-state index contributed by atoms with van der Waals surface area (Å²) in [5, 5.41) is 24.2. The van der Waals surface area contributed by atoms with E-state index in [-0.39, 0.29) is 16.5 Å². The van der Waals surface area contributed by atoms with Gasteiger partial charge < -0.3 is 10.4 Å². The van der Waals surface area contributed by atoms with E-state index in [0.717, 1.165) is 6.07 Å². The van der Waals surface area contributed by atoms with E-state index in [0.29, 0.717) is 22.0 Å². The van der Waals surface area contributed by atoms with E-state index < -0.39 is 16.4 Å². The average Bonchev–Trinajstić information content (AvgIpc) is 2.69. The van der Waals surface area contributed by atoms with Crippen LogP contribution in [0.2, 0.25) is 10.0 Å². The molecule has 0 aliphatic carbocycles. The monoisotopic (exact) mass is 429 g/mol. The third-order valence-electron chi connectivity index (χ3n) is 3.85. The fourth-order valence-electron chi connectivity index (χ4n) is 2.45. The molecule has 146 valence electrons. The molecule has 9 heteroatoms. The minimum Gasteiger partial charge on any atom is -0.502 e. The first kappa shape index (κ1) is 20.3. The average molecular weight is 430 g/mol. The maximum absolute atomic E-state index is 12.2. The molecule has 0 radical (unpaired) electrons. The molecule has 0 aliphatic heterocycles. The number of nitro benzene ring substituents is 1. The lowest BCUT2D eigenvalue weighted by Crippen LogP contribution is -2.11. The first-order chi connectivity index (χ1) is 13.8. The number of aliphatic imine (C=N–C) groups is 1. The number of hydrogen-bond acceptors (Lipinski definition) is 5.